The largest absolute Gasteiger partial charge is 0.370 e. The Balaban J connectivity index is 1.50. The molecule has 2 fully saturated rings. The zero-order valence-corrected chi connectivity index (χ0v) is 13.0. The molecule has 1 spiro atoms. The maximum atomic E-state index is 6.33. The molecular weight excluding hydrogens is 270 g/mol. The Kier molecular flexibility index (Phi) is 4.34. The van der Waals surface area contributed by atoms with Crippen molar-refractivity contribution in [3.63, 3.8) is 0 Å². The van der Waals surface area contributed by atoms with Gasteiger partial charge < -0.3 is 10.1 Å². The smallest absolute Gasteiger partial charge is 0.0708 e. The predicted octanol–water partition coefficient (Wildman–Crippen LogP) is 4.48. The van der Waals surface area contributed by atoms with E-state index in [0.717, 1.165) is 11.6 Å². The molecule has 1 saturated heterocycles. The fourth-order valence-corrected chi connectivity index (χ4v) is 3.83. The molecule has 0 radical (unpaired) electrons. The van der Waals surface area contributed by atoms with Crippen LogP contribution in [0.3, 0.4) is 0 Å². The third-order valence-electron chi connectivity index (χ3n) is 4.85. The van der Waals surface area contributed by atoms with E-state index >= 15 is 0 Å². The Morgan fingerprint density at radius 3 is 2.90 bits per heavy atom. The van der Waals surface area contributed by atoms with Crippen LogP contribution in [0.2, 0.25) is 5.02 Å². The molecule has 1 aromatic rings. The minimum atomic E-state index is 0.242. The molecule has 3 rings (SSSR count). The van der Waals surface area contributed by atoms with Gasteiger partial charge in [0.25, 0.3) is 0 Å². The third kappa shape index (κ3) is 3.19. The molecule has 110 valence electrons. The highest BCUT2D eigenvalue weighted by Gasteiger charge is 2.41. The summed E-state index contributed by atoms with van der Waals surface area (Å²) in [5.41, 5.74) is 1.48. The Morgan fingerprint density at radius 1 is 1.35 bits per heavy atom. The number of rotatable bonds is 4. The van der Waals surface area contributed by atoms with Crippen molar-refractivity contribution < 1.29 is 4.74 Å². The van der Waals surface area contributed by atoms with E-state index < -0.39 is 0 Å². The molecule has 1 saturated carbocycles. The molecule has 0 amide bonds. The van der Waals surface area contributed by atoms with E-state index in [1.807, 2.05) is 18.2 Å². The topological polar surface area (TPSA) is 21.3 Å². The molecule has 2 atom stereocenters. The Morgan fingerprint density at radius 2 is 2.15 bits per heavy atom. The van der Waals surface area contributed by atoms with Gasteiger partial charge in [0.2, 0.25) is 0 Å². The van der Waals surface area contributed by atoms with Gasteiger partial charge >= 0.3 is 0 Å². The van der Waals surface area contributed by atoms with Crippen LogP contribution in [0.1, 0.15) is 57.1 Å². The van der Waals surface area contributed by atoms with Gasteiger partial charge in [-0.2, -0.15) is 0 Å². The van der Waals surface area contributed by atoms with Crippen LogP contribution in [0.15, 0.2) is 24.3 Å². The predicted molar refractivity (Wildman–Crippen MR) is 83.2 cm³/mol. The molecule has 1 aromatic carbocycles. The lowest BCUT2D eigenvalue weighted by Gasteiger charge is -2.24. The first-order chi connectivity index (χ1) is 9.67. The minimum Gasteiger partial charge on any atom is -0.370 e. The maximum Gasteiger partial charge on any atom is 0.0708 e. The van der Waals surface area contributed by atoms with Crippen LogP contribution in [0.4, 0.5) is 0 Å². The van der Waals surface area contributed by atoms with E-state index in [0.29, 0.717) is 12.1 Å². The van der Waals surface area contributed by atoms with Gasteiger partial charge in [-0.05, 0) is 50.3 Å². The Labute approximate surface area is 126 Å². The number of nitrogens with one attached hydrogen (secondary N) is 1. The van der Waals surface area contributed by atoms with Gasteiger partial charge in [-0.25, -0.2) is 0 Å². The average molecular weight is 294 g/mol. The minimum absolute atomic E-state index is 0.242. The number of benzene rings is 1. The first-order valence-corrected chi connectivity index (χ1v) is 8.21. The number of halogens is 1. The molecular formula is C17H24ClNO. The molecule has 2 nitrogen and oxygen atoms in total. The Hall–Kier alpha value is -0.570. The van der Waals surface area contributed by atoms with Crippen molar-refractivity contribution in [1.29, 1.82) is 0 Å². The average Bonchev–Trinajstić information content (AvgIpc) is 3.07. The summed E-state index contributed by atoms with van der Waals surface area (Å²) in [6.07, 6.45) is 8.08. The van der Waals surface area contributed by atoms with Crippen molar-refractivity contribution >= 4 is 11.6 Å². The second kappa shape index (κ2) is 6.05. The fourth-order valence-electron chi connectivity index (χ4n) is 3.63. The zero-order valence-electron chi connectivity index (χ0n) is 12.2. The molecule has 1 aliphatic carbocycles. The lowest BCUT2D eigenvalue weighted by atomic mass is 9.98. The van der Waals surface area contributed by atoms with Crippen LogP contribution in [0.25, 0.3) is 0 Å². The molecule has 20 heavy (non-hydrogen) atoms. The first kappa shape index (κ1) is 14.4. The summed E-state index contributed by atoms with van der Waals surface area (Å²) in [6.45, 7) is 3.13. The van der Waals surface area contributed by atoms with Crippen molar-refractivity contribution in [2.75, 3.05) is 6.54 Å². The van der Waals surface area contributed by atoms with E-state index in [-0.39, 0.29) is 5.60 Å². The summed E-state index contributed by atoms with van der Waals surface area (Å²) in [5, 5.41) is 4.39. The summed E-state index contributed by atoms with van der Waals surface area (Å²) in [7, 11) is 0. The van der Waals surface area contributed by atoms with Gasteiger partial charge in [0.15, 0.2) is 0 Å². The number of hydrogen-bond acceptors (Lipinski definition) is 2. The Bertz CT molecular complexity index is 456. The second-order valence-electron chi connectivity index (χ2n) is 6.35. The first-order valence-electron chi connectivity index (χ1n) is 7.84. The van der Waals surface area contributed by atoms with Crippen LogP contribution in [0, 0.1) is 0 Å². The molecule has 1 N–H and O–H groups in total. The second-order valence-corrected chi connectivity index (χ2v) is 6.79. The van der Waals surface area contributed by atoms with E-state index in [1.54, 1.807) is 0 Å². The summed E-state index contributed by atoms with van der Waals surface area (Å²) >= 11 is 6.05. The highest BCUT2D eigenvalue weighted by Crippen LogP contribution is 2.43. The van der Waals surface area contributed by atoms with Gasteiger partial charge in [0, 0.05) is 17.6 Å². The zero-order chi connectivity index (χ0) is 14.0. The SMILES string of the molecule is C[C@H](NCC1CCC2(CCCC2)O1)c1cccc(Cl)c1. The van der Waals surface area contributed by atoms with Crippen molar-refractivity contribution in [3.8, 4) is 0 Å². The van der Waals surface area contributed by atoms with Crippen LogP contribution >= 0.6 is 11.6 Å². The van der Waals surface area contributed by atoms with Crippen LogP contribution in [-0.2, 0) is 4.74 Å². The molecule has 2 aliphatic rings. The summed E-state index contributed by atoms with van der Waals surface area (Å²) in [4.78, 5) is 0. The van der Waals surface area contributed by atoms with Crippen molar-refractivity contribution in [3.05, 3.63) is 34.9 Å². The van der Waals surface area contributed by atoms with Gasteiger partial charge in [0.1, 0.15) is 0 Å². The highest BCUT2D eigenvalue weighted by molar-refractivity contribution is 6.30. The maximum absolute atomic E-state index is 6.33. The summed E-state index contributed by atoms with van der Waals surface area (Å²) in [6, 6.07) is 8.40. The van der Waals surface area contributed by atoms with Gasteiger partial charge in [-0.15, -0.1) is 0 Å². The highest BCUT2D eigenvalue weighted by atomic mass is 35.5. The van der Waals surface area contributed by atoms with Crippen LogP contribution in [-0.4, -0.2) is 18.2 Å². The molecule has 0 bridgehead atoms. The van der Waals surface area contributed by atoms with Crippen molar-refractivity contribution in [1.82, 2.24) is 5.32 Å². The number of ether oxygens (including phenoxy) is 1. The van der Waals surface area contributed by atoms with Crippen molar-refractivity contribution in [2.45, 2.75) is 63.2 Å². The van der Waals surface area contributed by atoms with E-state index in [9.17, 15) is 0 Å². The van der Waals surface area contributed by atoms with Gasteiger partial charge in [-0.3, -0.25) is 0 Å². The normalized spacial score (nSPS) is 26.2. The van der Waals surface area contributed by atoms with Crippen LogP contribution < -0.4 is 5.32 Å². The molecule has 1 aliphatic heterocycles. The molecule has 3 heteroatoms. The van der Waals surface area contributed by atoms with Crippen LogP contribution in [0.5, 0.6) is 0 Å². The van der Waals surface area contributed by atoms with Crippen molar-refractivity contribution in [2.24, 2.45) is 0 Å². The lowest BCUT2D eigenvalue weighted by molar-refractivity contribution is -0.0357. The summed E-state index contributed by atoms with van der Waals surface area (Å²) < 4.78 is 6.33. The number of hydrogen-bond donors (Lipinski definition) is 1. The molecule has 0 aromatic heterocycles. The summed E-state index contributed by atoms with van der Waals surface area (Å²) in [5.74, 6) is 0. The van der Waals surface area contributed by atoms with Gasteiger partial charge in [-0.1, -0.05) is 36.6 Å². The van der Waals surface area contributed by atoms with E-state index in [4.69, 9.17) is 16.3 Å². The standard InChI is InChI=1S/C17H24ClNO/c1-13(14-5-4-6-15(18)11-14)19-12-16-7-10-17(20-16)8-2-3-9-17/h4-6,11,13,16,19H,2-3,7-10,12H2,1H3/t13-,16?/m0/s1. The van der Waals surface area contributed by atoms with E-state index in [1.165, 1.54) is 44.1 Å². The quantitative estimate of drug-likeness (QED) is 0.883. The fraction of sp³-hybridized carbons (Fsp3) is 0.647. The molecule has 1 heterocycles. The van der Waals surface area contributed by atoms with E-state index in [2.05, 4.69) is 18.3 Å². The molecule has 1 unspecified atom stereocenters. The third-order valence-corrected chi connectivity index (χ3v) is 5.09. The van der Waals surface area contributed by atoms with Gasteiger partial charge in [0.05, 0.1) is 11.7 Å². The monoisotopic (exact) mass is 293 g/mol. The lowest BCUT2D eigenvalue weighted by Crippen LogP contribution is -2.32.